The maximum atomic E-state index is 12.9. The minimum absolute atomic E-state index is 0.0928. The van der Waals surface area contributed by atoms with Gasteiger partial charge in [0.05, 0.1) is 13.2 Å². The van der Waals surface area contributed by atoms with Crippen LogP contribution >= 0.6 is 27.4 Å². The predicted molar refractivity (Wildman–Crippen MR) is 219 cm³/mol. The molecule has 8 atom stereocenters. The topological polar surface area (TPSA) is 265 Å². The standard InChI is InChI=1S/C38H74O17P2S/c1-3-5-6-7-8-9-10-11-12-13-14-17-20-24-31(39)53-30(27-51-29-50-25-21-18-15-16-19-22-26-58-32(40)23-4-2)28-52-57(48,49)55-38-35(43)33(41)34(42)37(36(38)44)54-56(45,46)47/h30,33-38,41-44H,3-29H2,1-2H3,(H,48,49)(H2,45,46,47)/t30-,33-,34?,35?,36+,37+,38?/m1/s1. The zero-order chi connectivity index (χ0) is 43.2. The number of unbranched alkanes of at least 4 members (excludes halogenated alkanes) is 17. The molecule has 0 saturated heterocycles. The van der Waals surface area contributed by atoms with Crippen LogP contribution in [0, 0.1) is 0 Å². The second kappa shape index (κ2) is 33.1. The zero-order valence-electron chi connectivity index (χ0n) is 34.6. The van der Waals surface area contributed by atoms with Crippen LogP contribution in [0.1, 0.15) is 155 Å². The van der Waals surface area contributed by atoms with E-state index in [1.807, 2.05) is 6.92 Å². The molecule has 58 heavy (non-hydrogen) atoms. The van der Waals surface area contributed by atoms with Crippen molar-refractivity contribution in [2.45, 2.75) is 198 Å². The normalized spacial score (nSPS) is 22.8. The number of carbonyl (C=O) groups excluding carboxylic acids is 2. The van der Waals surface area contributed by atoms with E-state index < -0.39 is 70.9 Å². The lowest BCUT2D eigenvalue weighted by molar-refractivity contribution is -0.216. The van der Waals surface area contributed by atoms with Crippen molar-refractivity contribution in [1.82, 2.24) is 0 Å². The second-order valence-electron chi connectivity index (χ2n) is 15.0. The van der Waals surface area contributed by atoms with Crippen molar-refractivity contribution in [3.05, 3.63) is 0 Å². The number of thioether (sulfide) groups is 1. The summed E-state index contributed by atoms with van der Waals surface area (Å²) in [5, 5.41) is 41.3. The number of phosphoric acid groups is 2. The highest BCUT2D eigenvalue weighted by molar-refractivity contribution is 8.13. The first-order chi connectivity index (χ1) is 27.6. The fourth-order valence-electron chi connectivity index (χ4n) is 6.37. The molecule has 1 fully saturated rings. The smallest absolute Gasteiger partial charge is 0.457 e. The van der Waals surface area contributed by atoms with Gasteiger partial charge >= 0.3 is 21.6 Å². The molecule has 17 nitrogen and oxygen atoms in total. The fraction of sp³-hybridized carbons (Fsp3) is 0.947. The van der Waals surface area contributed by atoms with E-state index in [-0.39, 0.29) is 24.9 Å². The number of esters is 1. The summed E-state index contributed by atoms with van der Waals surface area (Å²) in [5.41, 5.74) is 0. The van der Waals surface area contributed by atoms with Gasteiger partial charge in [-0.1, -0.05) is 128 Å². The van der Waals surface area contributed by atoms with Gasteiger partial charge in [-0.25, -0.2) is 9.13 Å². The number of aliphatic hydroxyl groups is 4. The number of phosphoric ester groups is 2. The lowest BCUT2D eigenvalue weighted by atomic mass is 9.85. The quantitative estimate of drug-likeness (QED) is 0.0158. The molecule has 0 aromatic heterocycles. The molecule has 0 heterocycles. The van der Waals surface area contributed by atoms with Crippen LogP contribution < -0.4 is 0 Å². The van der Waals surface area contributed by atoms with Gasteiger partial charge in [0.2, 0.25) is 0 Å². The summed E-state index contributed by atoms with van der Waals surface area (Å²) < 4.78 is 55.0. The Morgan fingerprint density at radius 3 is 1.66 bits per heavy atom. The third-order valence-corrected chi connectivity index (χ3v) is 12.2. The average molecular weight is 897 g/mol. The van der Waals surface area contributed by atoms with Crippen LogP contribution in [0.25, 0.3) is 0 Å². The number of rotatable bonds is 37. The van der Waals surface area contributed by atoms with Gasteiger partial charge < -0.3 is 49.3 Å². The molecule has 4 unspecified atom stereocenters. The molecule has 1 aliphatic rings. The molecule has 0 aromatic rings. The van der Waals surface area contributed by atoms with Crippen LogP contribution in [0.15, 0.2) is 0 Å². The lowest BCUT2D eigenvalue weighted by Gasteiger charge is -2.43. The van der Waals surface area contributed by atoms with Gasteiger partial charge in [-0.3, -0.25) is 23.2 Å². The van der Waals surface area contributed by atoms with Crippen LogP contribution in [0.2, 0.25) is 0 Å². The van der Waals surface area contributed by atoms with Crippen molar-refractivity contribution >= 4 is 38.5 Å². The summed E-state index contributed by atoms with van der Waals surface area (Å²) in [5.74, 6) is 0.261. The summed E-state index contributed by atoms with van der Waals surface area (Å²) in [6.07, 6.45) is 7.75. The average Bonchev–Trinajstić information content (AvgIpc) is 3.16. The van der Waals surface area contributed by atoms with E-state index in [0.717, 1.165) is 76.4 Å². The molecule has 7 N–H and O–H groups in total. The van der Waals surface area contributed by atoms with E-state index in [4.69, 9.17) is 33.0 Å². The van der Waals surface area contributed by atoms with Gasteiger partial charge in [0, 0.05) is 25.2 Å². The van der Waals surface area contributed by atoms with Gasteiger partial charge in [0.15, 0.2) is 5.12 Å². The molecule has 344 valence electrons. The second-order valence-corrected chi connectivity index (χ2v) is 18.7. The molecule has 0 amide bonds. The SMILES string of the molecule is CCCCCCCCCCCCCCCC(=O)O[C@H](COCOCCCCCCCCSC(=O)CCC)COP(=O)(O)OC1C(O)[C@H](O)C(O)[C@H](OP(=O)(O)O)[C@@H]1O. The number of ether oxygens (including phenoxy) is 3. The third-order valence-electron chi connectivity index (χ3n) is 9.64. The Morgan fingerprint density at radius 1 is 0.586 bits per heavy atom. The number of carbonyl (C=O) groups is 2. The first-order valence-corrected chi connectivity index (χ1v) is 25.3. The van der Waals surface area contributed by atoms with Crippen molar-refractivity contribution in [3.63, 3.8) is 0 Å². The summed E-state index contributed by atoms with van der Waals surface area (Å²) in [4.78, 5) is 53.0. The largest absolute Gasteiger partial charge is 0.472 e. The molecule has 1 rings (SSSR count). The first kappa shape index (κ1) is 55.5. The molecule has 1 aliphatic carbocycles. The van der Waals surface area contributed by atoms with E-state index in [1.165, 1.54) is 63.1 Å². The van der Waals surface area contributed by atoms with Gasteiger partial charge in [-0.05, 0) is 25.7 Å². The summed E-state index contributed by atoms with van der Waals surface area (Å²) >= 11 is 1.41. The van der Waals surface area contributed by atoms with Crippen LogP contribution in [-0.4, -0.2) is 121 Å². The van der Waals surface area contributed by atoms with E-state index in [2.05, 4.69) is 11.4 Å². The van der Waals surface area contributed by atoms with Crippen molar-refractivity contribution in [2.75, 3.05) is 32.4 Å². The van der Waals surface area contributed by atoms with Gasteiger partial charge in [0.1, 0.15) is 49.5 Å². The van der Waals surface area contributed by atoms with E-state index in [1.54, 1.807) is 0 Å². The highest BCUT2D eigenvalue weighted by Crippen LogP contribution is 2.49. The third kappa shape index (κ3) is 27.4. The lowest BCUT2D eigenvalue weighted by Crippen LogP contribution is -2.64. The molecule has 20 heteroatoms. The van der Waals surface area contributed by atoms with E-state index in [9.17, 15) is 44.0 Å². The molecule has 0 aliphatic heterocycles. The zero-order valence-corrected chi connectivity index (χ0v) is 37.3. The Morgan fingerprint density at radius 2 is 1.10 bits per heavy atom. The Balaban J connectivity index is 2.57. The Kier molecular flexibility index (Phi) is 31.7. The summed E-state index contributed by atoms with van der Waals surface area (Å²) in [6, 6.07) is 0. The van der Waals surface area contributed by atoms with Gasteiger partial charge in [-0.15, -0.1) is 0 Å². The molecule has 0 aromatic carbocycles. The van der Waals surface area contributed by atoms with Crippen molar-refractivity contribution in [1.29, 1.82) is 0 Å². The summed E-state index contributed by atoms with van der Waals surface area (Å²) in [6.45, 7) is 3.43. The Labute approximate surface area is 349 Å². The fourth-order valence-corrected chi connectivity index (χ4v) is 8.84. The number of hydrogen-bond donors (Lipinski definition) is 7. The monoisotopic (exact) mass is 896 g/mol. The van der Waals surface area contributed by atoms with Crippen molar-refractivity contribution in [3.8, 4) is 0 Å². The minimum atomic E-state index is -5.34. The summed E-state index contributed by atoms with van der Waals surface area (Å²) in [7, 11) is -10.6. The Hall–Kier alpha value is -0.530. The van der Waals surface area contributed by atoms with Crippen molar-refractivity contribution in [2.24, 2.45) is 0 Å². The van der Waals surface area contributed by atoms with Crippen LogP contribution in [0.3, 0.4) is 0 Å². The number of hydrogen-bond acceptors (Lipinski definition) is 15. The van der Waals surface area contributed by atoms with E-state index in [0.29, 0.717) is 19.4 Å². The molecule has 0 radical (unpaired) electrons. The minimum Gasteiger partial charge on any atom is -0.457 e. The Bertz CT molecular complexity index is 1160. The predicted octanol–water partition coefficient (Wildman–Crippen LogP) is 6.21. The first-order valence-electron chi connectivity index (χ1n) is 21.2. The van der Waals surface area contributed by atoms with Crippen LogP contribution in [0.4, 0.5) is 0 Å². The maximum Gasteiger partial charge on any atom is 0.472 e. The molecular formula is C38H74O17P2S. The van der Waals surface area contributed by atoms with Crippen LogP contribution in [0.5, 0.6) is 0 Å². The molecule has 1 saturated carbocycles. The van der Waals surface area contributed by atoms with Gasteiger partial charge in [0.25, 0.3) is 0 Å². The van der Waals surface area contributed by atoms with E-state index >= 15 is 0 Å². The highest BCUT2D eigenvalue weighted by atomic mass is 32.2. The highest BCUT2D eigenvalue weighted by Gasteiger charge is 2.54. The van der Waals surface area contributed by atoms with Crippen molar-refractivity contribution < 1.29 is 81.6 Å². The maximum absolute atomic E-state index is 12.9. The number of aliphatic hydroxyl groups excluding tert-OH is 4. The molecule has 0 bridgehead atoms. The van der Waals surface area contributed by atoms with Crippen LogP contribution in [-0.2, 0) is 46.5 Å². The molecular weight excluding hydrogens is 822 g/mol. The van der Waals surface area contributed by atoms with Gasteiger partial charge in [-0.2, -0.15) is 0 Å². The molecule has 0 spiro atoms.